The van der Waals surface area contributed by atoms with E-state index in [1.165, 1.54) is 6.07 Å². The number of hydrogen-bond donors (Lipinski definition) is 4. The summed E-state index contributed by atoms with van der Waals surface area (Å²) in [7, 11) is -3.99. The van der Waals surface area contributed by atoms with Crippen molar-refractivity contribution in [3.63, 3.8) is 0 Å². The number of anilines is 1. The highest BCUT2D eigenvalue weighted by atomic mass is 32.2. The summed E-state index contributed by atoms with van der Waals surface area (Å²) < 4.78 is 29.6. The minimum absolute atomic E-state index is 0.0577. The largest absolute Gasteiger partial charge is 0.361 e. The fourth-order valence-electron chi connectivity index (χ4n) is 5.22. The number of aromatic amines is 1. The molecule has 1 fully saturated rings. The van der Waals surface area contributed by atoms with Gasteiger partial charge in [0.15, 0.2) is 0 Å². The number of carbonyl (C=O) groups is 2. The predicted octanol–water partition coefficient (Wildman–Crippen LogP) is 3.78. The van der Waals surface area contributed by atoms with Crippen molar-refractivity contribution >= 4 is 38.4 Å². The van der Waals surface area contributed by atoms with Crippen LogP contribution in [0.25, 0.3) is 10.9 Å². The van der Waals surface area contributed by atoms with Gasteiger partial charge in [0.2, 0.25) is 21.8 Å². The van der Waals surface area contributed by atoms with Crippen LogP contribution in [0.1, 0.15) is 56.1 Å². The lowest BCUT2D eigenvalue weighted by atomic mass is 10.0. The second kappa shape index (κ2) is 10.4. The van der Waals surface area contributed by atoms with E-state index >= 15 is 0 Å². The van der Waals surface area contributed by atoms with Crippen molar-refractivity contribution in [1.29, 1.82) is 0 Å². The summed E-state index contributed by atoms with van der Waals surface area (Å²) in [5.74, 6) is -0.383. The van der Waals surface area contributed by atoms with Gasteiger partial charge in [0.05, 0.1) is 4.90 Å². The fraction of sp³-hybridized carbons (Fsp3) is 0.407. The van der Waals surface area contributed by atoms with E-state index in [4.69, 9.17) is 0 Å². The van der Waals surface area contributed by atoms with Crippen LogP contribution in [0.2, 0.25) is 0 Å². The minimum Gasteiger partial charge on any atom is -0.361 e. The van der Waals surface area contributed by atoms with Crippen molar-refractivity contribution in [1.82, 2.24) is 15.0 Å². The van der Waals surface area contributed by atoms with Crippen LogP contribution >= 0.6 is 0 Å². The van der Waals surface area contributed by atoms with Crippen LogP contribution in [0.15, 0.2) is 53.6 Å². The average Bonchev–Trinajstić information content (AvgIpc) is 3.09. The van der Waals surface area contributed by atoms with E-state index in [0.717, 1.165) is 60.6 Å². The number of benzene rings is 2. The number of H-pyrrole nitrogens is 1. The third-order valence-electron chi connectivity index (χ3n) is 7.20. The lowest BCUT2D eigenvalue weighted by Crippen LogP contribution is -2.50. The monoisotopic (exact) mass is 508 g/mol. The Morgan fingerprint density at radius 1 is 1.03 bits per heavy atom. The first kappa shape index (κ1) is 24.5. The number of para-hydroxylation sites is 1. The van der Waals surface area contributed by atoms with Crippen LogP contribution in [-0.2, 0) is 32.5 Å². The van der Waals surface area contributed by atoms with Crippen molar-refractivity contribution in [2.24, 2.45) is 0 Å². The van der Waals surface area contributed by atoms with Crippen molar-refractivity contribution in [2.45, 2.75) is 74.8 Å². The first-order chi connectivity index (χ1) is 17.4. The van der Waals surface area contributed by atoms with E-state index < -0.39 is 16.1 Å². The molecule has 2 aliphatic rings. The first-order valence-electron chi connectivity index (χ1n) is 12.7. The molecular weight excluding hydrogens is 476 g/mol. The molecule has 4 N–H and O–H groups in total. The van der Waals surface area contributed by atoms with Gasteiger partial charge >= 0.3 is 0 Å². The maximum Gasteiger partial charge on any atom is 0.241 e. The minimum atomic E-state index is -3.99. The number of carbonyl (C=O) groups excluding carboxylic acids is 2. The Morgan fingerprint density at radius 3 is 2.61 bits per heavy atom. The molecule has 0 bridgehead atoms. The Morgan fingerprint density at radius 2 is 1.81 bits per heavy atom. The van der Waals surface area contributed by atoms with Crippen LogP contribution in [0, 0.1) is 0 Å². The lowest BCUT2D eigenvalue weighted by Gasteiger charge is -2.23. The summed E-state index contributed by atoms with van der Waals surface area (Å²) >= 11 is 0. The molecule has 8 nitrogen and oxygen atoms in total. The highest BCUT2D eigenvalue weighted by Gasteiger charge is 2.29. The molecule has 1 aromatic heterocycles. The Balaban J connectivity index is 1.41. The number of hydrogen-bond acceptors (Lipinski definition) is 4. The Hall–Kier alpha value is -3.17. The lowest BCUT2D eigenvalue weighted by molar-refractivity contribution is -0.123. The van der Waals surface area contributed by atoms with Gasteiger partial charge in [0.1, 0.15) is 6.04 Å². The average molecular weight is 509 g/mol. The molecule has 2 aromatic carbocycles. The van der Waals surface area contributed by atoms with E-state index in [9.17, 15) is 18.0 Å². The van der Waals surface area contributed by atoms with Gasteiger partial charge in [-0.25, -0.2) is 8.42 Å². The van der Waals surface area contributed by atoms with Gasteiger partial charge in [-0.3, -0.25) is 9.59 Å². The van der Waals surface area contributed by atoms with E-state index in [1.54, 1.807) is 12.1 Å². The van der Waals surface area contributed by atoms with Crippen LogP contribution in [0.5, 0.6) is 0 Å². The maximum absolute atomic E-state index is 13.5. The third-order valence-corrected chi connectivity index (χ3v) is 8.67. The number of rotatable bonds is 7. The van der Waals surface area contributed by atoms with Crippen molar-refractivity contribution < 1.29 is 18.0 Å². The van der Waals surface area contributed by atoms with E-state index in [-0.39, 0.29) is 29.2 Å². The maximum atomic E-state index is 13.5. The molecule has 1 saturated carbocycles. The van der Waals surface area contributed by atoms with Crippen molar-refractivity contribution in [3.8, 4) is 0 Å². The van der Waals surface area contributed by atoms with E-state index in [1.807, 2.05) is 30.5 Å². The van der Waals surface area contributed by atoms with Gasteiger partial charge in [-0.1, -0.05) is 43.9 Å². The van der Waals surface area contributed by atoms with Crippen molar-refractivity contribution in [3.05, 3.63) is 59.8 Å². The molecule has 0 unspecified atom stereocenters. The molecule has 1 aliphatic heterocycles. The predicted molar refractivity (Wildman–Crippen MR) is 139 cm³/mol. The van der Waals surface area contributed by atoms with Gasteiger partial charge in [-0.05, 0) is 61.1 Å². The molecule has 2 heterocycles. The zero-order chi connectivity index (χ0) is 25.1. The summed E-state index contributed by atoms with van der Waals surface area (Å²) in [6.07, 6.45) is 9.14. The highest BCUT2D eigenvalue weighted by Crippen LogP contribution is 2.26. The van der Waals surface area contributed by atoms with Crippen LogP contribution < -0.4 is 15.4 Å². The Kier molecular flexibility index (Phi) is 7.11. The summed E-state index contributed by atoms with van der Waals surface area (Å²) in [4.78, 5) is 28.4. The molecular formula is C27H32N4O4S. The Bertz CT molecular complexity index is 1370. The van der Waals surface area contributed by atoms with Gasteiger partial charge in [-0.15, -0.1) is 0 Å². The zero-order valence-corrected chi connectivity index (χ0v) is 21.0. The molecule has 1 aliphatic carbocycles. The summed E-state index contributed by atoms with van der Waals surface area (Å²) in [5, 5.41) is 6.86. The molecule has 190 valence electrons. The third kappa shape index (κ3) is 5.47. The summed E-state index contributed by atoms with van der Waals surface area (Å²) in [5.41, 5.74) is 3.22. The SMILES string of the molecule is O=C1CCc2cc(S(=O)(=O)N[C@@H](Cc3c[nH]c4ccccc34)C(=O)NC3CCCCCC3)ccc2N1. The second-order valence-electron chi connectivity index (χ2n) is 9.80. The number of amides is 2. The molecule has 1 atom stereocenters. The Labute approximate surface area is 211 Å². The van der Waals surface area contributed by atoms with Gasteiger partial charge in [0.25, 0.3) is 0 Å². The first-order valence-corrected chi connectivity index (χ1v) is 14.2. The normalized spacial score (nSPS) is 17.7. The van der Waals surface area contributed by atoms with Crippen LogP contribution in [0.4, 0.5) is 5.69 Å². The quantitative estimate of drug-likeness (QED) is 0.363. The van der Waals surface area contributed by atoms with Gasteiger partial charge < -0.3 is 15.6 Å². The van der Waals surface area contributed by atoms with Crippen LogP contribution in [-0.4, -0.2) is 37.3 Å². The molecule has 0 radical (unpaired) electrons. The molecule has 36 heavy (non-hydrogen) atoms. The zero-order valence-electron chi connectivity index (χ0n) is 20.2. The highest BCUT2D eigenvalue weighted by molar-refractivity contribution is 7.89. The molecule has 0 saturated heterocycles. The standard InChI is InChI=1S/C27H32N4O4S/c32-26-14-11-18-15-21(12-13-23(18)30-26)36(34,35)31-25(27(33)29-20-7-3-1-2-4-8-20)16-19-17-28-24-10-6-5-9-22(19)24/h5-6,9-10,12-13,15,17,20,25,28,31H,1-4,7-8,11,14,16H2,(H,29,33)(H,30,32)/t25-/m0/s1. The molecule has 3 aromatic rings. The molecule has 9 heteroatoms. The van der Waals surface area contributed by atoms with Gasteiger partial charge in [0, 0.05) is 35.2 Å². The molecule has 0 spiro atoms. The second-order valence-corrected chi connectivity index (χ2v) is 11.5. The van der Waals surface area contributed by atoms with E-state index in [0.29, 0.717) is 18.5 Å². The number of fused-ring (bicyclic) bond motifs is 2. The number of sulfonamides is 1. The smallest absolute Gasteiger partial charge is 0.241 e. The summed E-state index contributed by atoms with van der Waals surface area (Å²) in [6.45, 7) is 0. The fourth-order valence-corrected chi connectivity index (χ4v) is 6.46. The molecule has 5 rings (SSSR count). The topological polar surface area (TPSA) is 120 Å². The number of nitrogens with one attached hydrogen (secondary N) is 4. The molecule has 2 amide bonds. The number of aromatic nitrogens is 1. The summed E-state index contributed by atoms with van der Waals surface area (Å²) in [6, 6.07) is 11.5. The van der Waals surface area contributed by atoms with E-state index in [2.05, 4.69) is 20.3 Å². The van der Waals surface area contributed by atoms with Gasteiger partial charge in [-0.2, -0.15) is 4.72 Å². The van der Waals surface area contributed by atoms with Crippen LogP contribution in [0.3, 0.4) is 0 Å². The number of aryl methyl sites for hydroxylation is 1. The van der Waals surface area contributed by atoms with Crippen molar-refractivity contribution in [2.75, 3.05) is 5.32 Å².